The number of hydrogen-bond acceptors (Lipinski definition) is 3. The molecule has 0 unspecified atom stereocenters. The first-order chi connectivity index (χ1) is 14.4. The molecule has 3 aromatic carbocycles. The van der Waals surface area contributed by atoms with Crippen LogP contribution >= 0.6 is 22.6 Å². The molecule has 4 rings (SSSR count). The maximum absolute atomic E-state index is 13.5. The summed E-state index contributed by atoms with van der Waals surface area (Å²) < 4.78 is 39.9. The van der Waals surface area contributed by atoms with Crippen molar-refractivity contribution in [2.24, 2.45) is 0 Å². The summed E-state index contributed by atoms with van der Waals surface area (Å²) in [6, 6.07) is 18.5. The SMILES string of the molecule is O=C(O)C1(c2ccc(I)cc2)OCC(c2ccc(F)cc2)(c2ccc(F)cc2)CO1. The molecule has 30 heavy (non-hydrogen) atoms. The Bertz CT molecular complexity index is 995. The largest absolute Gasteiger partial charge is 0.477 e. The highest BCUT2D eigenvalue weighted by atomic mass is 127. The van der Waals surface area contributed by atoms with Gasteiger partial charge in [-0.2, -0.15) is 0 Å². The highest BCUT2D eigenvalue weighted by Crippen LogP contribution is 2.43. The third kappa shape index (κ3) is 3.61. The van der Waals surface area contributed by atoms with Gasteiger partial charge < -0.3 is 14.6 Å². The van der Waals surface area contributed by atoms with Crippen LogP contribution in [-0.4, -0.2) is 24.3 Å². The maximum Gasteiger partial charge on any atom is 0.369 e. The Balaban J connectivity index is 1.77. The third-order valence-corrected chi connectivity index (χ3v) is 6.06. The van der Waals surface area contributed by atoms with Gasteiger partial charge in [0.15, 0.2) is 0 Å². The van der Waals surface area contributed by atoms with Crippen molar-refractivity contribution < 1.29 is 28.2 Å². The molecule has 154 valence electrons. The quantitative estimate of drug-likeness (QED) is 0.499. The number of carbonyl (C=O) groups is 1. The summed E-state index contributed by atoms with van der Waals surface area (Å²) in [4.78, 5) is 12.2. The normalized spacial score (nSPS) is 17.4. The molecule has 0 saturated carbocycles. The summed E-state index contributed by atoms with van der Waals surface area (Å²) >= 11 is 2.13. The molecule has 0 amide bonds. The van der Waals surface area contributed by atoms with Crippen LogP contribution in [0.5, 0.6) is 0 Å². The predicted molar refractivity (Wildman–Crippen MR) is 114 cm³/mol. The van der Waals surface area contributed by atoms with Crippen molar-refractivity contribution in [3.8, 4) is 0 Å². The second kappa shape index (κ2) is 8.05. The van der Waals surface area contributed by atoms with E-state index >= 15 is 0 Å². The lowest BCUT2D eigenvalue weighted by Crippen LogP contribution is -2.54. The van der Waals surface area contributed by atoms with E-state index in [0.29, 0.717) is 16.7 Å². The molecular formula is C23H17F2IO4. The first kappa shape index (κ1) is 20.9. The molecule has 1 aliphatic heterocycles. The lowest BCUT2D eigenvalue weighted by molar-refractivity contribution is -0.287. The molecule has 0 aromatic heterocycles. The Morgan fingerprint density at radius 1 is 0.767 bits per heavy atom. The van der Waals surface area contributed by atoms with Crippen molar-refractivity contribution in [2.45, 2.75) is 11.2 Å². The molecule has 1 fully saturated rings. The van der Waals surface area contributed by atoms with Crippen molar-refractivity contribution >= 4 is 28.6 Å². The van der Waals surface area contributed by atoms with E-state index in [4.69, 9.17) is 9.47 Å². The summed E-state index contributed by atoms with van der Waals surface area (Å²) in [5, 5.41) is 9.94. The minimum Gasteiger partial charge on any atom is -0.477 e. The summed E-state index contributed by atoms with van der Waals surface area (Å²) in [7, 11) is 0. The average Bonchev–Trinajstić information content (AvgIpc) is 2.75. The first-order valence-corrected chi connectivity index (χ1v) is 10.2. The molecule has 0 aliphatic carbocycles. The lowest BCUT2D eigenvalue weighted by Gasteiger charge is -2.45. The van der Waals surface area contributed by atoms with E-state index in [-0.39, 0.29) is 13.2 Å². The van der Waals surface area contributed by atoms with Gasteiger partial charge in [0.25, 0.3) is 5.79 Å². The van der Waals surface area contributed by atoms with Crippen LogP contribution in [0.2, 0.25) is 0 Å². The van der Waals surface area contributed by atoms with Gasteiger partial charge in [-0.3, -0.25) is 0 Å². The molecule has 4 nitrogen and oxygen atoms in total. The second-order valence-corrected chi connectivity index (χ2v) is 8.35. The van der Waals surface area contributed by atoms with Crippen LogP contribution in [0.4, 0.5) is 8.78 Å². The molecule has 1 N–H and O–H groups in total. The van der Waals surface area contributed by atoms with Gasteiger partial charge in [-0.25, -0.2) is 13.6 Å². The molecule has 1 saturated heterocycles. The summed E-state index contributed by atoms with van der Waals surface area (Å²) in [5.41, 5.74) is 0.792. The topological polar surface area (TPSA) is 55.8 Å². The minimum atomic E-state index is -1.96. The third-order valence-electron chi connectivity index (χ3n) is 5.34. The van der Waals surface area contributed by atoms with Crippen molar-refractivity contribution in [3.63, 3.8) is 0 Å². The molecule has 7 heteroatoms. The monoisotopic (exact) mass is 522 g/mol. The highest BCUT2D eigenvalue weighted by molar-refractivity contribution is 14.1. The molecule has 1 aliphatic rings. The zero-order chi connectivity index (χ0) is 21.4. The zero-order valence-electron chi connectivity index (χ0n) is 15.6. The average molecular weight is 522 g/mol. The van der Waals surface area contributed by atoms with Crippen molar-refractivity contribution in [1.29, 1.82) is 0 Å². The van der Waals surface area contributed by atoms with Gasteiger partial charge in [0.2, 0.25) is 0 Å². The van der Waals surface area contributed by atoms with Gasteiger partial charge in [0, 0.05) is 9.13 Å². The molecule has 0 spiro atoms. The Morgan fingerprint density at radius 3 is 1.57 bits per heavy atom. The van der Waals surface area contributed by atoms with Gasteiger partial charge in [-0.05, 0) is 70.1 Å². The van der Waals surface area contributed by atoms with E-state index in [9.17, 15) is 18.7 Å². The van der Waals surface area contributed by atoms with E-state index in [0.717, 1.165) is 3.57 Å². The zero-order valence-corrected chi connectivity index (χ0v) is 17.8. The van der Waals surface area contributed by atoms with Gasteiger partial charge in [0.05, 0.1) is 18.6 Å². The van der Waals surface area contributed by atoms with Crippen LogP contribution in [0.25, 0.3) is 0 Å². The summed E-state index contributed by atoms with van der Waals surface area (Å²) in [6.45, 7) is -0.106. The number of rotatable bonds is 4. The van der Waals surface area contributed by atoms with Crippen LogP contribution in [0, 0.1) is 15.2 Å². The molecule has 3 aromatic rings. The Labute approximate surface area is 185 Å². The van der Waals surface area contributed by atoms with Crippen molar-refractivity contribution in [1.82, 2.24) is 0 Å². The fraction of sp³-hybridized carbons (Fsp3) is 0.174. The minimum absolute atomic E-state index is 0.0530. The maximum atomic E-state index is 13.5. The van der Waals surface area contributed by atoms with Crippen LogP contribution in [-0.2, 0) is 25.5 Å². The van der Waals surface area contributed by atoms with Crippen LogP contribution in [0.3, 0.4) is 0 Å². The molecule has 1 heterocycles. The Hall–Kier alpha value is -2.36. The number of halogens is 3. The van der Waals surface area contributed by atoms with Crippen molar-refractivity contribution in [2.75, 3.05) is 13.2 Å². The Morgan fingerprint density at radius 2 is 1.17 bits per heavy atom. The first-order valence-electron chi connectivity index (χ1n) is 9.15. The van der Waals surface area contributed by atoms with E-state index in [1.165, 1.54) is 24.3 Å². The number of carboxylic acid groups (broad SMARTS) is 1. The van der Waals surface area contributed by atoms with E-state index < -0.39 is 28.8 Å². The summed E-state index contributed by atoms with van der Waals surface area (Å²) in [5.74, 6) is -4.03. The van der Waals surface area contributed by atoms with E-state index in [2.05, 4.69) is 22.6 Å². The molecular weight excluding hydrogens is 505 g/mol. The van der Waals surface area contributed by atoms with Gasteiger partial charge in [-0.1, -0.05) is 36.4 Å². The molecule has 0 bridgehead atoms. The number of aliphatic carboxylic acids is 1. The van der Waals surface area contributed by atoms with Crippen LogP contribution < -0.4 is 0 Å². The number of ether oxygens (including phenoxy) is 2. The van der Waals surface area contributed by atoms with E-state index in [1.807, 2.05) is 0 Å². The number of hydrogen-bond donors (Lipinski definition) is 1. The number of benzene rings is 3. The molecule has 0 atom stereocenters. The highest BCUT2D eigenvalue weighted by Gasteiger charge is 2.52. The van der Waals surface area contributed by atoms with E-state index in [1.54, 1.807) is 48.5 Å². The lowest BCUT2D eigenvalue weighted by atomic mass is 9.75. The van der Waals surface area contributed by atoms with Gasteiger partial charge in [0.1, 0.15) is 11.6 Å². The van der Waals surface area contributed by atoms with Crippen LogP contribution in [0.1, 0.15) is 16.7 Å². The van der Waals surface area contributed by atoms with Crippen molar-refractivity contribution in [3.05, 3.63) is 105 Å². The summed E-state index contributed by atoms with van der Waals surface area (Å²) in [6.07, 6.45) is 0. The smallest absolute Gasteiger partial charge is 0.369 e. The fourth-order valence-corrected chi connectivity index (χ4v) is 4.01. The number of carboxylic acids is 1. The molecule has 0 radical (unpaired) electrons. The van der Waals surface area contributed by atoms with Gasteiger partial charge >= 0.3 is 5.97 Å². The van der Waals surface area contributed by atoms with Crippen LogP contribution in [0.15, 0.2) is 72.8 Å². The predicted octanol–water partition coefficient (Wildman–Crippen LogP) is 4.84. The fourth-order valence-electron chi connectivity index (χ4n) is 3.65. The van der Waals surface area contributed by atoms with Gasteiger partial charge in [-0.15, -0.1) is 0 Å². The second-order valence-electron chi connectivity index (χ2n) is 7.10. The Kier molecular flexibility index (Phi) is 5.61. The standard InChI is InChI=1S/C23H17F2IO4/c24-18-7-1-15(2-8-18)22(16-3-9-19(25)10-4-16)13-29-23(21(27)28,30-14-22)17-5-11-20(26)12-6-17/h1-12H,13-14H2,(H,27,28).